The van der Waals surface area contributed by atoms with Crippen molar-refractivity contribution in [3.63, 3.8) is 0 Å². The molecular formula is C25H29N5O3. The maximum Gasteiger partial charge on any atom is 0.247 e. The third kappa shape index (κ3) is 6.70. The van der Waals surface area contributed by atoms with Gasteiger partial charge in [0.25, 0.3) is 0 Å². The molecule has 8 nitrogen and oxygen atoms in total. The smallest absolute Gasteiger partial charge is 0.247 e. The molecule has 0 aliphatic heterocycles. The SMILES string of the molecule is CCOc1cc(C(Nc2ccc(C(=N)N)cc2)C(=O)NCc2ccccc2)cc(OCC)n1. The molecule has 5 N–H and O–H groups in total. The van der Waals surface area contributed by atoms with Gasteiger partial charge in [0.05, 0.1) is 13.2 Å². The number of nitrogens with one attached hydrogen (secondary N) is 3. The summed E-state index contributed by atoms with van der Waals surface area (Å²) in [5, 5.41) is 13.8. The number of nitrogens with zero attached hydrogens (tertiary/aromatic N) is 1. The highest BCUT2D eigenvalue weighted by molar-refractivity contribution is 5.95. The second kappa shape index (κ2) is 11.5. The molecule has 0 fully saturated rings. The van der Waals surface area contributed by atoms with E-state index in [0.717, 1.165) is 5.56 Å². The van der Waals surface area contributed by atoms with Gasteiger partial charge < -0.3 is 25.8 Å². The number of carbonyl (C=O) groups excluding carboxylic acids is 1. The summed E-state index contributed by atoms with van der Waals surface area (Å²) in [5.41, 5.74) is 8.51. The minimum absolute atomic E-state index is 0.0180. The number of rotatable bonds is 11. The number of anilines is 1. The summed E-state index contributed by atoms with van der Waals surface area (Å²) in [6.07, 6.45) is 0. The fourth-order valence-electron chi connectivity index (χ4n) is 3.21. The molecule has 0 bridgehead atoms. The lowest BCUT2D eigenvalue weighted by atomic mass is 10.1. The maximum absolute atomic E-state index is 13.3. The van der Waals surface area contributed by atoms with Crippen molar-refractivity contribution in [1.29, 1.82) is 5.41 Å². The first-order valence-electron chi connectivity index (χ1n) is 10.8. The van der Waals surface area contributed by atoms with Gasteiger partial charge in [-0.25, -0.2) is 0 Å². The van der Waals surface area contributed by atoms with E-state index >= 15 is 0 Å². The van der Waals surface area contributed by atoms with Gasteiger partial charge in [0.2, 0.25) is 17.7 Å². The van der Waals surface area contributed by atoms with Gasteiger partial charge in [-0.05, 0) is 49.2 Å². The summed E-state index contributed by atoms with van der Waals surface area (Å²) >= 11 is 0. The van der Waals surface area contributed by atoms with Crippen molar-refractivity contribution < 1.29 is 14.3 Å². The minimum Gasteiger partial charge on any atom is -0.478 e. The molecule has 0 aliphatic carbocycles. The number of ether oxygens (including phenoxy) is 2. The largest absolute Gasteiger partial charge is 0.478 e. The standard InChI is InChI=1S/C25H29N5O3/c1-3-32-21-14-19(15-22(30-21)33-4-2)23(25(31)28-16-17-8-6-5-7-9-17)29-20-12-10-18(11-13-20)24(26)27/h5-15,23,29H,3-4,16H2,1-2H3,(H3,26,27)(H,28,31). The summed E-state index contributed by atoms with van der Waals surface area (Å²) in [6, 6.07) is 19.4. The number of nitrogens with two attached hydrogens (primary N) is 1. The van der Waals surface area contributed by atoms with E-state index in [2.05, 4.69) is 15.6 Å². The zero-order chi connectivity index (χ0) is 23.6. The van der Waals surface area contributed by atoms with Crippen molar-refractivity contribution >= 4 is 17.4 Å². The molecule has 0 saturated heterocycles. The van der Waals surface area contributed by atoms with Crippen LogP contribution in [0, 0.1) is 5.41 Å². The van der Waals surface area contributed by atoms with Crippen LogP contribution in [-0.2, 0) is 11.3 Å². The first-order valence-corrected chi connectivity index (χ1v) is 10.8. The Morgan fingerprint density at radius 2 is 1.61 bits per heavy atom. The summed E-state index contributed by atoms with van der Waals surface area (Å²) < 4.78 is 11.2. The van der Waals surface area contributed by atoms with Crippen LogP contribution >= 0.6 is 0 Å². The number of nitrogen functional groups attached to an aromatic ring is 1. The summed E-state index contributed by atoms with van der Waals surface area (Å²) in [6.45, 7) is 5.00. The van der Waals surface area contributed by atoms with Gasteiger partial charge in [-0.3, -0.25) is 10.2 Å². The van der Waals surface area contributed by atoms with Gasteiger partial charge in [0.15, 0.2) is 0 Å². The van der Waals surface area contributed by atoms with Crippen molar-refractivity contribution in [3.05, 3.63) is 83.4 Å². The first kappa shape index (κ1) is 23.6. The Balaban J connectivity index is 1.91. The van der Waals surface area contributed by atoms with Crippen molar-refractivity contribution in [2.24, 2.45) is 5.73 Å². The normalized spacial score (nSPS) is 11.3. The highest BCUT2D eigenvalue weighted by Gasteiger charge is 2.23. The quantitative estimate of drug-likeness (QED) is 0.263. The molecular weight excluding hydrogens is 418 g/mol. The Morgan fingerprint density at radius 1 is 1.00 bits per heavy atom. The second-order valence-corrected chi connectivity index (χ2v) is 7.21. The Bertz CT molecular complexity index is 1050. The first-order chi connectivity index (χ1) is 16.0. The van der Waals surface area contributed by atoms with Crippen LogP contribution in [0.3, 0.4) is 0 Å². The van der Waals surface area contributed by atoms with E-state index in [9.17, 15) is 4.79 Å². The molecule has 172 valence electrons. The zero-order valence-corrected chi connectivity index (χ0v) is 18.8. The third-order valence-electron chi connectivity index (χ3n) is 4.80. The Labute approximate surface area is 193 Å². The van der Waals surface area contributed by atoms with E-state index in [-0.39, 0.29) is 11.7 Å². The number of carbonyl (C=O) groups is 1. The summed E-state index contributed by atoms with van der Waals surface area (Å²) in [4.78, 5) is 17.6. The molecule has 1 aromatic heterocycles. The van der Waals surface area contributed by atoms with Gasteiger partial charge in [0.1, 0.15) is 11.9 Å². The molecule has 8 heteroatoms. The van der Waals surface area contributed by atoms with E-state index in [1.807, 2.05) is 44.2 Å². The van der Waals surface area contributed by atoms with E-state index in [4.69, 9.17) is 20.6 Å². The third-order valence-corrected chi connectivity index (χ3v) is 4.80. The average molecular weight is 448 g/mol. The van der Waals surface area contributed by atoms with Crippen molar-refractivity contribution in [2.75, 3.05) is 18.5 Å². The minimum atomic E-state index is -0.738. The molecule has 3 aromatic rings. The molecule has 3 rings (SSSR count). The Hall–Kier alpha value is -4.07. The van der Waals surface area contributed by atoms with E-state index in [1.54, 1.807) is 36.4 Å². The summed E-state index contributed by atoms with van der Waals surface area (Å²) in [5.74, 6) is 0.530. The van der Waals surface area contributed by atoms with Gasteiger partial charge >= 0.3 is 0 Å². The molecule has 0 saturated carbocycles. The van der Waals surface area contributed by atoms with Crippen LogP contribution in [0.2, 0.25) is 0 Å². The molecule has 33 heavy (non-hydrogen) atoms. The van der Waals surface area contributed by atoms with Gasteiger partial charge in [-0.2, -0.15) is 4.98 Å². The van der Waals surface area contributed by atoms with E-state index in [0.29, 0.717) is 48.3 Å². The Kier molecular flexibility index (Phi) is 8.24. The number of benzene rings is 2. The van der Waals surface area contributed by atoms with Crippen LogP contribution in [0.4, 0.5) is 5.69 Å². The predicted octanol–water partition coefficient (Wildman–Crippen LogP) is 3.63. The molecule has 0 aliphatic rings. The van der Waals surface area contributed by atoms with Crippen molar-refractivity contribution in [3.8, 4) is 11.8 Å². The lowest BCUT2D eigenvalue weighted by Crippen LogP contribution is -2.33. The highest BCUT2D eigenvalue weighted by atomic mass is 16.5. The zero-order valence-electron chi connectivity index (χ0n) is 18.8. The number of aromatic nitrogens is 1. The van der Waals surface area contributed by atoms with Gasteiger partial charge in [-0.1, -0.05) is 30.3 Å². The average Bonchev–Trinajstić information content (AvgIpc) is 2.82. The van der Waals surface area contributed by atoms with E-state index in [1.165, 1.54) is 0 Å². The topological polar surface area (TPSA) is 122 Å². The molecule has 0 radical (unpaired) electrons. The van der Waals surface area contributed by atoms with Crippen molar-refractivity contribution in [1.82, 2.24) is 10.3 Å². The lowest BCUT2D eigenvalue weighted by Gasteiger charge is -2.21. The van der Waals surface area contributed by atoms with Crippen LogP contribution < -0.4 is 25.8 Å². The number of pyridine rings is 1. The van der Waals surface area contributed by atoms with Gasteiger partial charge in [-0.15, -0.1) is 0 Å². The fraction of sp³-hybridized carbons (Fsp3) is 0.240. The molecule has 1 amide bonds. The lowest BCUT2D eigenvalue weighted by molar-refractivity contribution is -0.122. The van der Waals surface area contributed by atoms with Crippen molar-refractivity contribution in [2.45, 2.75) is 26.4 Å². The van der Waals surface area contributed by atoms with Crippen LogP contribution in [0.25, 0.3) is 0 Å². The highest BCUT2D eigenvalue weighted by Crippen LogP contribution is 2.27. The van der Waals surface area contributed by atoms with Crippen LogP contribution in [0.15, 0.2) is 66.7 Å². The van der Waals surface area contributed by atoms with Gasteiger partial charge in [0, 0.05) is 29.9 Å². The number of hydrogen-bond acceptors (Lipinski definition) is 6. The van der Waals surface area contributed by atoms with Crippen LogP contribution in [0.5, 0.6) is 11.8 Å². The molecule has 1 heterocycles. The van der Waals surface area contributed by atoms with Crippen LogP contribution in [-0.4, -0.2) is 29.9 Å². The number of hydrogen-bond donors (Lipinski definition) is 4. The number of amides is 1. The van der Waals surface area contributed by atoms with Crippen LogP contribution in [0.1, 0.15) is 36.6 Å². The van der Waals surface area contributed by atoms with E-state index < -0.39 is 6.04 Å². The predicted molar refractivity (Wildman–Crippen MR) is 129 cm³/mol. The monoisotopic (exact) mass is 447 g/mol. The molecule has 1 unspecified atom stereocenters. The molecule has 2 aromatic carbocycles. The maximum atomic E-state index is 13.3. The number of amidine groups is 1. The fourth-order valence-corrected chi connectivity index (χ4v) is 3.21. The Morgan fingerprint density at radius 3 is 2.15 bits per heavy atom. The summed E-state index contributed by atoms with van der Waals surface area (Å²) in [7, 11) is 0. The molecule has 1 atom stereocenters. The second-order valence-electron chi connectivity index (χ2n) is 7.21. The molecule has 0 spiro atoms.